The van der Waals surface area contributed by atoms with Gasteiger partial charge in [0.15, 0.2) is 0 Å². The van der Waals surface area contributed by atoms with E-state index in [9.17, 15) is 4.79 Å². The summed E-state index contributed by atoms with van der Waals surface area (Å²) in [6.07, 6.45) is 1.58. The molecule has 5 heteroatoms. The highest BCUT2D eigenvalue weighted by Crippen LogP contribution is 2.00. The van der Waals surface area contributed by atoms with E-state index in [4.69, 9.17) is 5.84 Å². The van der Waals surface area contributed by atoms with Gasteiger partial charge in [-0.1, -0.05) is 12.6 Å². The van der Waals surface area contributed by atoms with Crippen molar-refractivity contribution < 1.29 is 4.79 Å². The number of anilines is 1. The number of amides is 1. The molecule has 1 aromatic heterocycles. The molecule has 0 saturated carbocycles. The van der Waals surface area contributed by atoms with Crippen molar-refractivity contribution in [1.29, 1.82) is 0 Å². The third-order valence-corrected chi connectivity index (χ3v) is 1.35. The Morgan fingerprint density at radius 3 is 2.85 bits per heavy atom. The molecule has 1 aromatic rings. The fourth-order valence-electron chi connectivity index (χ4n) is 0.694. The molecule has 4 N–H and O–H groups in total. The van der Waals surface area contributed by atoms with Crippen LogP contribution in [0.5, 0.6) is 0 Å². The molecule has 0 bridgehead atoms. The van der Waals surface area contributed by atoms with Crippen molar-refractivity contribution in [2.75, 3.05) is 5.32 Å². The van der Waals surface area contributed by atoms with Crippen LogP contribution >= 0.6 is 0 Å². The van der Waals surface area contributed by atoms with Gasteiger partial charge in [0.05, 0.1) is 0 Å². The van der Waals surface area contributed by atoms with E-state index in [1.54, 1.807) is 24.4 Å². The number of hydrogen-bond donors (Lipinski definition) is 3. The van der Waals surface area contributed by atoms with Gasteiger partial charge < -0.3 is 10.7 Å². The summed E-state index contributed by atoms with van der Waals surface area (Å²) in [5.41, 5.74) is 2.24. The molecule has 1 amide bonds. The van der Waals surface area contributed by atoms with Crippen LogP contribution in [0.1, 0.15) is 0 Å². The largest absolute Gasteiger partial charge is 0.320 e. The summed E-state index contributed by atoms with van der Waals surface area (Å²) in [7, 11) is 0. The lowest BCUT2D eigenvalue weighted by atomic mass is 10.4. The van der Waals surface area contributed by atoms with Crippen molar-refractivity contribution in [2.45, 2.75) is 0 Å². The van der Waals surface area contributed by atoms with E-state index < -0.39 is 5.91 Å². The highest BCUT2D eigenvalue weighted by molar-refractivity contribution is 6.02. The topological polar surface area (TPSA) is 80.0 Å². The third kappa shape index (κ3) is 2.57. The zero-order valence-corrected chi connectivity index (χ0v) is 6.95. The van der Waals surface area contributed by atoms with Crippen LogP contribution in [0.15, 0.2) is 36.7 Å². The van der Waals surface area contributed by atoms with Crippen LogP contribution in [0.3, 0.4) is 0 Å². The minimum Gasteiger partial charge on any atom is -0.320 e. The van der Waals surface area contributed by atoms with Crippen LogP contribution in [0.4, 0.5) is 5.82 Å². The molecular weight excluding hydrogens is 168 g/mol. The fraction of sp³-hybridized carbons (Fsp3) is 0. The van der Waals surface area contributed by atoms with Gasteiger partial charge >= 0.3 is 0 Å². The summed E-state index contributed by atoms with van der Waals surface area (Å²) >= 11 is 0. The van der Waals surface area contributed by atoms with Gasteiger partial charge in [0.2, 0.25) is 0 Å². The first-order chi connectivity index (χ1) is 6.24. The molecule has 1 rings (SSSR count). The molecule has 13 heavy (non-hydrogen) atoms. The van der Waals surface area contributed by atoms with Gasteiger partial charge in [-0.3, -0.25) is 10.6 Å². The molecule has 0 unspecified atom stereocenters. The molecule has 1 heterocycles. The Morgan fingerprint density at radius 2 is 2.31 bits per heavy atom. The number of hydrogen-bond acceptors (Lipinski definition) is 4. The second kappa shape index (κ2) is 4.22. The van der Waals surface area contributed by atoms with Crippen molar-refractivity contribution in [3.63, 3.8) is 0 Å². The monoisotopic (exact) mass is 178 g/mol. The molecule has 0 aliphatic rings. The predicted molar refractivity (Wildman–Crippen MR) is 49.3 cm³/mol. The number of nitrogens with one attached hydrogen (secondary N) is 2. The summed E-state index contributed by atoms with van der Waals surface area (Å²) in [4.78, 5) is 15.0. The molecule has 0 radical (unpaired) electrons. The minimum atomic E-state index is -0.402. The lowest BCUT2D eigenvalue weighted by Crippen LogP contribution is -2.29. The maximum absolute atomic E-state index is 11.2. The van der Waals surface area contributed by atoms with Crippen LogP contribution in [0.25, 0.3) is 0 Å². The molecule has 0 aliphatic heterocycles. The van der Waals surface area contributed by atoms with E-state index >= 15 is 0 Å². The van der Waals surface area contributed by atoms with Crippen molar-refractivity contribution in [2.24, 2.45) is 5.84 Å². The maximum Gasteiger partial charge on any atom is 0.273 e. The first-order valence-corrected chi connectivity index (χ1v) is 3.62. The number of carbonyl (C=O) groups excluding carboxylic acids is 1. The first kappa shape index (κ1) is 9.21. The van der Waals surface area contributed by atoms with Crippen molar-refractivity contribution >= 4 is 11.7 Å². The summed E-state index contributed by atoms with van der Waals surface area (Å²) in [5, 5.41) is 2.50. The summed E-state index contributed by atoms with van der Waals surface area (Å²) < 4.78 is 0. The van der Waals surface area contributed by atoms with Gasteiger partial charge in [-0.05, 0) is 12.1 Å². The third-order valence-electron chi connectivity index (χ3n) is 1.35. The van der Waals surface area contributed by atoms with Crippen LogP contribution in [-0.2, 0) is 4.79 Å². The summed E-state index contributed by atoms with van der Waals surface area (Å²) in [6.45, 7) is 3.39. The van der Waals surface area contributed by atoms with Crippen LogP contribution < -0.4 is 16.6 Å². The lowest BCUT2D eigenvalue weighted by Gasteiger charge is -2.04. The van der Waals surface area contributed by atoms with Gasteiger partial charge in [-0.15, -0.1) is 0 Å². The molecule has 0 aromatic carbocycles. The molecule has 0 fully saturated rings. The van der Waals surface area contributed by atoms with Gasteiger partial charge in [0, 0.05) is 6.20 Å². The standard InChI is InChI=1S/C8H10N4O/c1-6(12-9)8(13)11-7-4-2-3-5-10-7/h2-5,12H,1,9H2,(H,10,11,13). The molecule has 0 aliphatic carbocycles. The van der Waals surface area contributed by atoms with E-state index in [1.807, 2.05) is 0 Å². The average molecular weight is 178 g/mol. The normalized spacial score (nSPS) is 9.00. The zero-order chi connectivity index (χ0) is 9.68. The number of nitrogens with two attached hydrogens (primary N) is 1. The lowest BCUT2D eigenvalue weighted by molar-refractivity contribution is -0.113. The zero-order valence-electron chi connectivity index (χ0n) is 6.95. The first-order valence-electron chi connectivity index (χ1n) is 3.62. The van der Waals surface area contributed by atoms with Crippen molar-refractivity contribution in [3.8, 4) is 0 Å². The minimum absolute atomic E-state index is 0.0886. The number of rotatable bonds is 3. The Bertz CT molecular complexity index is 309. The highest BCUT2D eigenvalue weighted by Gasteiger charge is 2.04. The predicted octanol–water partition coefficient (Wildman–Crippen LogP) is -0.00290. The molecule has 0 atom stereocenters. The Labute approximate surface area is 75.6 Å². The summed E-state index contributed by atoms with van der Waals surface area (Å²) in [6, 6.07) is 5.19. The molecule has 5 nitrogen and oxygen atoms in total. The van der Waals surface area contributed by atoms with Gasteiger partial charge in [-0.2, -0.15) is 0 Å². The Kier molecular flexibility index (Phi) is 2.99. The number of nitrogens with zero attached hydrogens (tertiary/aromatic N) is 1. The SMILES string of the molecule is C=C(NN)C(=O)Nc1ccccn1. The van der Waals surface area contributed by atoms with Crippen LogP contribution in [-0.4, -0.2) is 10.9 Å². The number of carbonyl (C=O) groups is 1. The molecule has 0 spiro atoms. The quantitative estimate of drug-likeness (QED) is 0.345. The Morgan fingerprint density at radius 1 is 1.54 bits per heavy atom. The van der Waals surface area contributed by atoms with E-state index in [-0.39, 0.29) is 5.70 Å². The Hall–Kier alpha value is -1.88. The maximum atomic E-state index is 11.2. The fourth-order valence-corrected chi connectivity index (χ4v) is 0.694. The van der Waals surface area contributed by atoms with Gasteiger partial charge in [0.1, 0.15) is 11.5 Å². The van der Waals surface area contributed by atoms with Crippen LogP contribution in [0.2, 0.25) is 0 Å². The average Bonchev–Trinajstić information content (AvgIpc) is 2.18. The molecule has 0 saturated heterocycles. The second-order valence-electron chi connectivity index (χ2n) is 2.29. The van der Waals surface area contributed by atoms with E-state index in [0.717, 1.165) is 0 Å². The van der Waals surface area contributed by atoms with E-state index in [0.29, 0.717) is 5.82 Å². The molecule has 68 valence electrons. The smallest absolute Gasteiger partial charge is 0.273 e. The summed E-state index contributed by atoms with van der Waals surface area (Å²) in [5.74, 6) is 5.06. The van der Waals surface area contributed by atoms with Crippen molar-refractivity contribution in [3.05, 3.63) is 36.7 Å². The number of aromatic nitrogens is 1. The second-order valence-corrected chi connectivity index (χ2v) is 2.29. The van der Waals surface area contributed by atoms with Crippen LogP contribution in [0, 0.1) is 0 Å². The number of hydrazine groups is 1. The van der Waals surface area contributed by atoms with Gasteiger partial charge in [-0.25, -0.2) is 4.98 Å². The molecular formula is C8H10N4O. The van der Waals surface area contributed by atoms with E-state index in [1.165, 1.54) is 0 Å². The van der Waals surface area contributed by atoms with E-state index in [2.05, 4.69) is 22.3 Å². The van der Waals surface area contributed by atoms with Crippen molar-refractivity contribution in [1.82, 2.24) is 10.4 Å². The highest BCUT2D eigenvalue weighted by atomic mass is 16.2. The van der Waals surface area contributed by atoms with Gasteiger partial charge in [0.25, 0.3) is 5.91 Å². The Balaban J connectivity index is 2.60. The number of pyridine rings is 1.